The van der Waals surface area contributed by atoms with Crippen molar-refractivity contribution in [3.63, 3.8) is 0 Å². The van der Waals surface area contributed by atoms with Gasteiger partial charge >= 0.3 is 6.09 Å². The van der Waals surface area contributed by atoms with Crippen LogP contribution in [-0.4, -0.2) is 47.2 Å². The Labute approximate surface area is 180 Å². The minimum Gasteiger partial charge on any atom is -0.443 e. The summed E-state index contributed by atoms with van der Waals surface area (Å²) in [6.07, 6.45) is 2.84. The normalized spacial score (nSPS) is 41.1. The second-order valence-electron chi connectivity index (χ2n) is 9.79. The summed E-state index contributed by atoms with van der Waals surface area (Å²) < 4.78 is 12.2. The largest absolute Gasteiger partial charge is 0.443 e. The second kappa shape index (κ2) is 5.46. The van der Waals surface area contributed by atoms with Crippen molar-refractivity contribution in [2.45, 2.75) is 61.5 Å². The van der Waals surface area contributed by atoms with Gasteiger partial charge in [-0.3, -0.25) is 9.69 Å². The van der Waals surface area contributed by atoms with Gasteiger partial charge in [-0.1, -0.05) is 60.7 Å². The maximum Gasteiger partial charge on any atom is 0.411 e. The third-order valence-electron chi connectivity index (χ3n) is 8.47. The summed E-state index contributed by atoms with van der Waals surface area (Å²) in [5, 5.41) is 0. The topological polar surface area (TPSA) is 55.8 Å². The molecule has 2 aromatic rings. The summed E-state index contributed by atoms with van der Waals surface area (Å²) in [6.45, 7) is 4.39. The molecule has 4 bridgehead atoms. The number of fused-ring (bicyclic) bond motifs is 2. The molecule has 3 aliphatic heterocycles. The molecule has 0 aromatic heterocycles. The number of hydrogen-bond acceptors (Lipinski definition) is 4. The van der Waals surface area contributed by atoms with Crippen LogP contribution in [-0.2, 0) is 25.1 Å². The van der Waals surface area contributed by atoms with Gasteiger partial charge in [-0.15, -0.1) is 0 Å². The van der Waals surface area contributed by atoms with E-state index < -0.39 is 29.1 Å². The lowest BCUT2D eigenvalue weighted by Crippen LogP contribution is -2.68. The van der Waals surface area contributed by atoms with Gasteiger partial charge in [0.05, 0.1) is 17.6 Å². The summed E-state index contributed by atoms with van der Waals surface area (Å²) in [7, 11) is 0. The molecule has 3 aliphatic carbocycles. The zero-order valence-electron chi connectivity index (χ0n) is 17.4. The first-order valence-corrected chi connectivity index (χ1v) is 11.0. The van der Waals surface area contributed by atoms with E-state index in [1.165, 1.54) is 22.3 Å². The fourth-order valence-corrected chi connectivity index (χ4v) is 7.12. The molecule has 156 valence electrons. The quantitative estimate of drug-likeness (QED) is 0.672. The highest BCUT2D eigenvalue weighted by Gasteiger charge is 2.70. The minimum absolute atomic E-state index is 0.0561. The van der Waals surface area contributed by atoms with Crippen molar-refractivity contribution in [2.75, 3.05) is 0 Å². The monoisotopic (exact) mass is 413 g/mol. The molecule has 0 unspecified atom stereocenters. The molecule has 0 N–H and O–H groups in total. The number of carbonyl (C=O) groups is 2. The van der Waals surface area contributed by atoms with Gasteiger partial charge in [-0.25, -0.2) is 4.79 Å². The van der Waals surface area contributed by atoms with E-state index in [2.05, 4.69) is 62.4 Å². The average Bonchev–Trinajstić information content (AvgIpc) is 3.34. The average molecular weight is 413 g/mol. The van der Waals surface area contributed by atoms with E-state index in [-0.39, 0.29) is 24.0 Å². The number of carbonyl (C=O) groups excluding carboxylic acids is 2. The van der Waals surface area contributed by atoms with Gasteiger partial charge in [0.25, 0.3) is 0 Å². The van der Waals surface area contributed by atoms with Crippen LogP contribution >= 0.6 is 0 Å². The highest BCUT2D eigenvalue weighted by atomic mass is 16.6. The molecule has 6 aliphatic rings. The van der Waals surface area contributed by atoms with Gasteiger partial charge in [-0.2, -0.15) is 0 Å². The number of amides is 1. The summed E-state index contributed by atoms with van der Waals surface area (Å²) in [5.41, 5.74) is 3.88. The van der Waals surface area contributed by atoms with Gasteiger partial charge in [0, 0.05) is 11.8 Å². The molecule has 5 atom stereocenters. The van der Waals surface area contributed by atoms with Crippen LogP contribution in [0.4, 0.5) is 4.79 Å². The van der Waals surface area contributed by atoms with Gasteiger partial charge < -0.3 is 9.47 Å². The molecule has 31 heavy (non-hydrogen) atoms. The van der Waals surface area contributed by atoms with Crippen molar-refractivity contribution in [1.29, 1.82) is 0 Å². The van der Waals surface area contributed by atoms with Gasteiger partial charge in [0.1, 0.15) is 18.2 Å². The van der Waals surface area contributed by atoms with E-state index >= 15 is 0 Å². The molecular weight excluding hydrogens is 390 g/mol. The van der Waals surface area contributed by atoms with Crippen LogP contribution in [0.25, 0.3) is 0 Å². The summed E-state index contributed by atoms with van der Waals surface area (Å²) in [5.74, 6) is 0.0561. The molecule has 0 radical (unpaired) electrons. The number of benzene rings is 2. The van der Waals surface area contributed by atoms with E-state index in [4.69, 9.17) is 9.47 Å². The lowest BCUT2D eigenvalue weighted by molar-refractivity contribution is -0.138. The van der Waals surface area contributed by atoms with Crippen LogP contribution < -0.4 is 0 Å². The zero-order valence-corrected chi connectivity index (χ0v) is 17.4. The number of rotatable bonds is 1. The molecule has 2 fully saturated rings. The van der Waals surface area contributed by atoms with Gasteiger partial charge in [0.2, 0.25) is 0 Å². The van der Waals surface area contributed by atoms with Crippen molar-refractivity contribution in [3.8, 4) is 0 Å². The fourth-order valence-electron chi connectivity index (χ4n) is 7.12. The Balaban J connectivity index is 1.50. The van der Waals surface area contributed by atoms with Crippen molar-refractivity contribution < 1.29 is 19.1 Å². The Kier molecular flexibility index (Phi) is 3.12. The first-order chi connectivity index (χ1) is 15.0. The second-order valence-corrected chi connectivity index (χ2v) is 9.79. The van der Waals surface area contributed by atoms with E-state index in [1.807, 2.05) is 12.2 Å². The van der Waals surface area contributed by atoms with Crippen LogP contribution in [0.15, 0.2) is 60.7 Å². The van der Waals surface area contributed by atoms with E-state index in [0.29, 0.717) is 6.42 Å². The molecule has 1 amide bonds. The van der Waals surface area contributed by atoms with Crippen molar-refractivity contribution in [2.24, 2.45) is 0 Å². The Morgan fingerprint density at radius 1 is 0.871 bits per heavy atom. The summed E-state index contributed by atoms with van der Waals surface area (Å²) in [6, 6.07) is 16.0. The Hall–Kier alpha value is -2.92. The van der Waals surface area contributed by atoms with E-state index in [0.717, 1.165) is 0 Å². The predicted molar refractivity (Wildman–Crippen MR) is 113 cm³/mol. The zero-order chi connectivity index (χ0) is 21.1. The Morgan fingerprint density at radius 3 is 2.06 bits per heavy atom. The van der Waals surface area contributed by atoms with Gasteiger partial charge in [0.15, 0.2) is 5.78 Å². The van der Waals surface area contributed by atoms with E-state index in [1.54, 1.807) is 4.90 Å². The smallest absolute Gasteiger partial charge is 0.411 e. The fraction of sp³-hybridized carbons (Fsp3) is 0.385. The predicted octanol–water partition coefficient (Wildman–Crippen LogP) is 3.48. The standard InChI is InChI=1S/C26H23NO4/c1-25-15-7-3-5-9-17(15)26(2,18-10-6-4-8-16(18)25)23-22(25)27(24(29)31-23)21-19(28)13-14-11-12-20(21)30-14/h3-12,14,20-23H,13H2,1-2H3/t14-,20+,21+,22+,23-,25?,26?/m1/s1. The highest BCUT2D eigenvalue weighted by Crippen LogP contribution is 2.63. The third kappa shape index (κ3) is 1.85. The number of hydrogen-bond donors (Lipinski definition) is 0. The molecule has 5 nitrogen and oxygen atoms in total. The minimum atomic E-state index is -0.642. The van der Waals surface area contributed by atoms with Crippen LogP contribution in [0.1, 0.15) is 42.5 Å². The number of nitrogens with zero attached hydrogens (tertiary/aromatic N) is 1. The van der Waals surface area contributed by atoms with E-state index in [9.17, 15) is 9.59 Å². The Bertz CT molecular complexity index is 1150. The lowest BCUT2D eigenvalue weighted by Gasteiger charge is -2.59. The summed E-state index contributed by atoms with van der Waals surface area (Å²) >= 11 is 0. The number of ketones is 1. The number of ether oxygens (including phenoxy) is 2. The van der Waals surface area contributed by atoms with Crippen LogP contribution in [0.3, 0.4) is 0 Å². The Morgan fingerprint density at radius 2 is 1.45 bits per heavy atom. The molecule has 0 saturated carbocycles. The molecule has 3 heterocycles. The van der Waals surface area contributed by atoms with Crippen LogP contribution in [0.2, 0.25) is 0 Å². The third-order valence-corrected chi connectivity index (χ3v) is 8.47. The van der Waals surface area contributed by atoms with Crippen molar-refractivity contribution >= 4 is 11.9 Å². The van der Waals surface area contributed by atoms with Crippen LogP contribution in [0, 0.1) is 0 Å². The molecular formula is C26H23NO4. The SMILES string of the molecule is CC12c3ccccc3C(C)(c3ccccc31)[C@@H]1[C@H]2OC(=O)N1[C@H]1C(=O)C[C@H]2C=C[C@@H]1O2. The van der Waals surface area contributed by atoms with Crippen LogP contribution in [0.5, 0.6) is 0 Å². The first kappa shape index (κ1) is 17.7. The van der Waals surface area contributed by atoms with Crippen molar-refractivity contribution in [3.05, 3.63) is 82.9 Å². The van der Waals surface area contributed by atoms with Gasteiger partial charge in [-0.05, 0) is 36.1 Å². The first-order valence-electron chi connectivity index (χ1n) is 11.0. The maximum atomic E-state index is 13.4. The molecule has 8 rings (SSSR count). The molecule has 2 saturated heterocycles. The maximum absolute atomic E-state index is 13.4. The summed E-state index contributed by atoms with van der Waals surface area (Å²) in [4.78, 5) is 28.3. The molecule has 5 heteroatoms. The number of Topliss-reactive ketones (excluding diaryl/α,β-unsaturated/α-hetero) is 1. The highest BCUT2D eigenvalue weighted by molar-refractivity contribution is 5.91. The molecule has 0 spiro atoms. The molecule has 2 aromatic carbocycles. The lowest BCUT2D eigenvalue weighted by atomic mass is 9.47. The van der Waals surface area contributed by atoms with Crippen molar-refractivity contribution in [1.82, 2.24) is 4.90 Å².